The van der Waals surface area contributed by atoms with Gasteiger partial charge in [0.2, 0.25) is 0 Å². The Hall–Kier alpha value is -3.93. The Kier molecular flexibility index (Phi) is 5.67. The molecule has 184 valence electrons. The number of rotatable bonds is 9. The lowest BCUT2D eigenvalue weighted by Crippen LogP contribution is -2.15. The van der Waals surface area contributed by atoms with E-state index in [1.807, 2.05) is 13.1 Å². The maximum atomic E-state index is 13.3. The zero-order chi connectivity index (χ0) is 24.7. The van der Waals surface area contributed by atoms with Gasteiger partial charge in [0.1, 0.15) is 23.1 Å². The Morgan fingerprint density at radius 3 is 2.34 bits per heavy atom. The number of ether oxygens (including phenoxy) is 3. The van der Waals surface area contributed by atoms with Crippen LogP contribution in [0.15, 0.2) is 45.8 Å². The lowest BCUT2D eigenvalue weighted by Gasteiger charge is -2.14. The van der Waals surface area contributed by atoms with Crippen LogP contribution in [0.25, 0.3) is 11.0 Å². The van der Waals surface area contributed by atoms with Gasteiger partial charge >= 0.3 is 0 Å². The Balaban J connectivity index is 1.49. The predicted octanol–water partition coefficient (Wildman–Crippen LogP) is 4.01. The van der Waals surface area contributed by atoms with E-state index in [2.05, 4.69) is 20.3 Å². The molecule has 1 fully saturated rings. The summed E-state index contributed by atoms with van der Waals surface area (Å²) >= 11 is 0. The SMILES string of the molecule is COc1cc2c(NS(=O)(=O)c3c(OC)cccc3OC)noc2cc1Nc1cc(C2CC2)nn1C. The number of methoxy groups -OCH3 is 3. The number of fused-ring (bicyclic) bond motifs is 1. The van der Waals surface area contributed by atoms with Crippen molar-refractivity contribution in [2.75, 3.05) is 31.4 Å². The maximum Gasteiger partial charge on any atom is 0.270 e. The van der Waals surface area contributed by atoms with Crippen molar-refractivity contribution < 1.29 is 27.2 Å². The molecule has 2 aromatic carbocycles. The fourth-order valence-electron chi connectivity index (χ4n) is 3.89. The van der Waals surface area contributed by atoms with Gasteiger partial charge in [-0.25, -0.2) is 8.42 Å². The monoisotopic (exact) mass is 499 g/mol. The summed E-state index contributed by atoms with van der Waals surface area (Å²) in [5.41, 5.74) is 2.04. The van der Waals surface area contributed by atoms with Crippen molar-refractivity contribution in [3.63, 3.8) is 0 Å². The smallest absolute Gasteiger partial charge is 0.270 e. The zero-order valence-electron chi connectivity index (χ0n) is 19.7. The average Bonchev–Trinajstić information content (AvgIpc) is 3.55. The number of anilines is 3. The lowest BCUT2D eigenvalue weighted by molar-refractivity contribution is 0.373. The number of sulfonamides is 1. The van der Waals surface area contributed by atoms with Crippen LogP contribution in [0.2, 0.25) is 0 Å². The molecule has 0 radical (unpaired) electrons. The first kappa shape index (κ1) is 22.8. The molecule has 0 saturated heterocycles. The second-order valence-corrected chi connectivity index (χ2v) is 9.77. The molecule has 2 N–H and O–H groups in total. The summed E-state index contributed by atoms with van der Waals surface area (Å²) in [4.78, 5) is -0.144. The molecule has 0 spiro atoms. The molecule has 2 heterocycles. The molecule has 11 nitrogen and oxygen atoms in total. The van der Waals surface area contributed by atoms with Crippen molar-refractivity contribution in [1.29, 1.82) is 0 Å². The zero-order valence-corrected chi connectivity index (χ0v) is 20.5. The van der Waals surface area contributed by atoms with E-state index in [1.54, 1.807) is 22.9 Å². The van der Waals surface area contributed by atoms with Crippen LogP contribution < -0.4 is 24.2 Å². The standard InChI is InChI=1S/C23H25N5O6S/c1-28-21(12-15(25-28)13-8-9-13)24-16-11-19-14(10-20(16)33-4)23(26-34-19)27-35(29,30)22-17(31-2)6-5-7-18(22)32-3/h5-7,10-13,24H,8-9H2,1-4H3,(H,26,27). The third-order valence-electron chi connectivity index (χ3n) is 5.83. The molecule has 35 heavy (non-hydrogen) atoms. The molecule has 0 atom stereocenters. The van der Waals surface area contributed by atoms with Crippen LogP contribution in [-0.2, 0) is 17.1 Å². The summed E-state index contributed by atoms with van der Waals surface area (Å²) in [6, 6.07) is 10.1. The van der Waals surface area contributed by atoms with Crippen LogP contribution in [0.5, 0.6) is 17.2 Å². The summed E-state index contributed by atoms with van der Waals surface area (Å²) in [5.74, 6) is 2.08. The number of hydrogen-bond acceptors (Lipinski definition) is 9. The molecule has 4 aromatic rings. The van der Waals surface area contributed by atoms with E-state index in [0.717, 1.165) is 24.4 Å². The van der Waals surface area contributed by atoms with Gasteiger partial charge in [0, 0.05) is 25.1 Å². The first-order chi connectivity index (χ1) is 16.8. The molecular formula is C23H25N5O6S. The molecule has 1 saturated carbocycles. The summed E-state index contributed by atoms with van der Waals surface area (Å²) in [7, 11) is 2.03. The molecule has 1 aliphatic carbocycles. The fraction of sp³-hybridized carbons (Fsp3) is 0.304. The number of hydrogen-bond donors (Lipinski definition) is 2. The molecule has 0 unspecified atom stereocenters. The highest BCUT2D eigenvalue weighted by Crippen LogP contribution is 2.41. The second-order valence-electron chi connectivity index (χ2n) is 8.15. The molecule has 12 heteroatoms. The van der Waals surface area contributed by atoms with Gasteiger partial charge < -0.3 is 24.1 Å². The fourth-order valence-corrected chi connectivity index (χ4v) is 5.22. The predicted molar refractivity (Wildman–Crippen MR) is 129 cm³/mol. The minimum Gasteiger partial charge on any atom is -0.495 e. The Labute approximate surface area is 202 Å². The highest BCUT2D eigenvalue weighted by atomic mass is 32.2. The topological polar surface area (TPSA) is 130 Å². The van der Waals surface area contributed by atoms with Crippen LogP contribution >= 0.6 is 0 Å². The molecule has 1 aliphatic rings. The number of nitrogens with one attached hydrogen (secondary N) is 2. The van der Waals surface area contributed by atoms with Crippen LogP contribution in [0.1, 0.15) is 24.5 Å². The number of aryl methyl sites for hydroxylation is 1. The van der Waals surface area contributed by atoms with Gasteiger partial charge in [0.25, 0.3) is 10.0 Å². The third kappa shape index (κ3) is 4.20. The maximum absolute atomic E-state index is 13.3. The van der Waals surface area contributed by atoms with Crippen LogP contribution in [0.3, 0.4) is 0 Å². The van der Waals surface area contributed by atoms with Gasteiger partial charge in [-0.05, 0) is 31.0 Å². The van der Waals surface area contributed by atoms with Gasteiger partial charge in [-0.1, -0.05) is 11.2 Å². The van der Waals surface area contributed by atoms with Gasteiger partial charge in [-0.3, -0.25) is 9.40 Å². The molecule has 2 aromatic heterocycles. The number of aromatic nitrogens is 3. The van der Waals surface area contributed by atoms with E-state index in [4.69, 9.17) is 18.7 Å². The minimum absolute atomic E-state index is 0.00867. The summed E-state index contributed by atoms with van der Waals surface area (Å²) in [6.45, 7) is 0. The van der Waals surface area contributed by atoms with Gasteiger partial charge in [-0.2, -0.15) is 5.10 Å². The van der Waals surface area contributed by atoms with Crippen molar-refractivity contribution in [3.05, 3.63) is 42.1 Å². The molecule has 0 amide bonds. The third-order valence-corrected chi connectivity index (χ3v) is 7.23. The van der Waals surface area contributed by atoms with Crippen molar-refractivity contribution in [2.24, 2.45) is 7.05 Å². The molecular weight excluding hydrogens is 474 g/mol. The molecule has 0 bridgehead atoms. The van der Waals surface area contributed by atoms with Crippen molar-refractivity contribution in [1.82, 2.24) is 14.9 Å². The first-order valence-electron chi connectivity index (χ1n) is 10.9. The van der Waals surface area contributed by atoms with Crippen LogP contribution in [-0.4, -0.2) is 44.7 Å². The van der Waals surface area contributed by atoms with Crippen molar-refractivity contribution >= 4 is 38.3 Å². The van der Waals surface area contributed by atoms with E-state index in [9.17, 15) is 8.42 Å². The van der Waals surface area contributed by atoms with Crippen molar-refractivity contribution in [3.8, 4) is 17.2 Å². The van der Waals surface area contributed by atoms with E-state index in [1.165, 1.54) is 33.5 Å². The Morgan fingerprint density at radius 2 is 1.71 bits per heavy atom. The Bertz CT molecular complexity index is 1480. The number of nitrogens with zero attached hydrogens (tertiary/aromatic N) is 3. The van der Waals surface area contributed by atoms with Crippen LogP contribution in [0.4, 0.5) is 17.3 Å². The quantitative estimate of drug-likeness (QED) is 0.351. The molecule has 5 rings (SSSR count). The van der Waals surface area contributed by atoms with E-state index in [-0.39, 0.29) is 22.2 Å². The highest BCUT2D eigenvalue weighted by molar-refractivity contribution is 7.93. The Morgan fingerprint density at radius 1 is 1.03 bits per heavy atom. The van der Waals surface area contributed by atoms with Crippen molar-refractivity contribution in [2.45, 2.75) is 23.7 Å². The highest BCUT2D eigenvalue weighted by Gasteiger charge is 2.28. The van der Waals surface area contributed by atoms with Crippen LogP contribution in [0, 0.1) is 0 Å². The number of benzene rings is 2. The summed E-state index contributed by atoms with van der Waals surface area (Å²) < 4.78 is 52.3. The minimum atomic E-state index is -4.13. The lowest BCUT2D eigenvalue weighted by atomic mass is 10.2. The van der Waals surface area contributed by atoms with Gasteiger partial charge in [0.05, 0.1) is 38.1 Å². The average molecular weight is 500 g/mol. The van der Waals surface area contributed by atoms with Gasteiger partial charge in [0.15, 0.2) is 16.3 Å². The summed E-state index contributed by atoms with van der Waals surface area (Å²) in [6.07, 6.45) is 2.31. The first-order valence-corrected chi connectivity index (χ1v) is 12.3. The normalized spacial score (nSPS) is 13.6. The largest absolute Gasteiger partial charge is 0.495 e. The second kappa shape index (κ2) is 8.69. The van der Waals surface area contributed by atoms with E-state index in [0.29, 0.717) is 28.3 Å². The summed E-state index contributed by atoms with van der Waals surface area (Å²) in [5, 5.41) is 12.3. The molecule has 0 aliphatic heterocycles. The van der Waals surface area contributed by atoms with Gasteiger partial charge in [-0.15, -0.1) is 0 Å². The van der Waals surface area contributed by atoms with E-state index < -0.39 is 10.0 Å². The van der Waals surface area contributed by atoms with E-state index >= 15 is 0 Å².